The maximum absolute atomic E-state index is 12.4. The van der Waals surface area contributed by atoms with E-state index in [4.69, 9.17) is 11.6 Å². The number of carbonyl (C=O) groups is 2. The molecule has 4 aromatic rings. The van der Waals surface area contributed by atoms with Crippen LogP contribution in [0.5, 0.6) is 0 Å². The van der Waals surface area contributed by atoms with Crippen LogP contribution in [0.1, 0.15) is 15.9 Å². The van der Waals surface area contributed by atoms with Crippen LogP contribution >= 0.6 is 11.6 Å². The molecule has 0 spiro atoms. The lowest BCUT2D eigenvalue weighted by atomic mass is 10.1. The van der Waals surface area contributed by atoms with Crippen LogP contribution in [-0.2, 0) is 17.8 Å². The van der Waals surface area contributed by atoms with Gasteiger partial charge in [-0.3, -0.25) is 9.59 Å². The van der Waals surface area contributed by atoms with Gasteiger partial charge in [-0.2, -0.15) is 4.80 Å². The number of carbonyl (C=O) groups excluding carboxylic acids is 2. The molecule has 2 N–H and O–H groups in total. The normalized spacial score (nSPS) is 10.6. The van der Waals surface area contributed by atoms with Gasteiger partial charge in [-0.15, -0.1) is 10.2 Å². The van der Waals surface area contributed by atoms with E-state index in [-0.39, 0.29) is 18.4 Å². The molecule has 0 radical (unpaired) electrons. The molecule has 0 saturated carbocycles. The molecule has 0 fully saturated rings. The lowest BCUT2D eigenvalue weighted by Crippen LogP contribution is -2.30. The molecule has 2 amide bonds. The molecule has 0 unspecified atom stereocenters. The summed E-state index contributed by atoms with van der Waals surface area (Å²) in [6, 6.07) is 23.8. The van der Waals surface area contributed by atoms with E-state index in [0.717, 1.165) is 12.0 Å². The van der Waals surface area contributed by atoms with Gasteiger partial charge in [-0.05, 0) is 53.6 Å². The molecule has 0 aliphatic rings. The predicted octanol–water partition coefficient (Wildman–Crippen LogP) is 3.60. The zero-order chi connectivity index (χ0) is 23.0. The number of benzene rings is 3. The number of halogens is 1. The van der Waals surface area contributed by atoms with Crippen molar-refractivity contribution >= 4 is 29.1 Å². The van der Waals surface area contributed by atoms with Gasteiger partial charge < -0.3 is 10.6 Å². The number of aromatic nitrogens is 4. The largest absolute Gasteiger partial charge is 0.354 e. The average molecular weight is 461 g/mol. The first kappa shape index (κ1) is 22.2. The SMILES string of the molecule is O=C(Cn1nnc(-c2ccc(NC(=O)c3ccccc3Cl)cc2)n1)NCCc1ccccc1. The minimum Gasteiger partial charge on any atom is -0.354 e. The van der Waals surface area contributed by atoms with Crippen LogP contribution in [0.3, 0.4) is 0 Å². The second kappa shape index (κ2) is 10.5. The molecular formula is C24H21ClN6O2. The van der Waals surface area contributed by atoms with Crippen molar-refractivity contribution in [2.75, 3.05) is 11.9 Å². The number of hydrogen-bond acceptors (Lipinski definition) is 5. The van der Waals surface area contributed by atoms with Gasteiger partial charge in [0.15, 0.2) is 0 Å². The highest BCUT2D eigenvalue weighted by molar-refractivity contribution is 6.34. The van der Waals surface area contributed by atoms with Gasteiger partial charge in [0.1, 0.15) is 6.54 Å². The maximum Gasteiger partial charge on any atom is 0.257 e. The average Bonchev–Trinajstić information content (AvgIpc) is 3.29. The van der Waals surface area contributed by atoms with Crippen molar-refractivity contribution in [1.29, 1.82) is 0 Å². The Bertz CT molecular complexity index is 1240. The number of tetrazole rings is 1. The Kier molecular flexibility index (Phi) is 7.06. The van der Waals surface area contributed by atoms with Crippen LogP contribution in [0.2, 0.25) is 5.02 Å². The summed E-state index contributed by atoms with van der Waals surface area (Å²) in [7, 11) is 0. The van der Waals surface area contributed by atoms with Crippen LogP contribution in [0, 0.1) is 0 Å². The van der Waals surface area contributed by atoms with E-state index < -0.39 is 0 Å². The van der Waals surface area contributed by atoms with Crippen LogP contribution in [0.4, 0.5) is 5.69 Å². The number of nitrogens with one attached hydrogen (secondary N) is 2. The van der Waals surface area contributed by atoms with Gasteiger partial charge >= 0.3 is 0 Å². The Morgan fingerprint density at radius 1 is 0.909 bits per heavy atom. The lowest BCUT2D eigenvalue weighted by molar-refractivity contribution is -0.122. The molecule has 0 bridgehead atoms. The van der Waals surface area contributed by atoms with E-state index >= 15 is 0 Å². The summed E-state index contributed by atoms with van der Waals surface area (Å²) >= 11 is 6.07. The fourth-order valence-corrected chi connectivity index (χ4v) is 3.37. The molecule has 4 rings (SSSR count). The Hall–Kier alpha value is -4.04. The molecule has 1 aromatic heterocycles. The molecule has 166 valence electrons. The standard InChI is InChI=1S/C24H21ClN6O2/c25-21-9-5-4-8-20(21)24(33)27-19-12-10-18(11-13-19)23-28-30-31(29-23)16-22(32)26-15-14-17-6-2-1-3-7-17/h1-13H,14-16H2,(H,26,32)(H,27,33). The molecule has 1 heterocycles. The summed E-state index contributed by atoms with van der Waals surface area (Å²) in [6.07, 6.45) is 0.752. The van der Waals surface area contributed by atoms with Gasteiger partial charge in [0.2, 0.25) is 11.7 Å². The first-order valence-electron chi connectivity index (χ1n) is 10.3. The van der Waals surface area contributed by atoms with E-state index in [1.807, 2.05) is 30.3 Å². The fraction of sp³-hybridized carbons (Fsp3) is 0.125. The van der Waals surface area contributed by atoms with E-state index in [1.54, 1.807) is 48.5 Å². The zero-order valence-corrected chi connectivity index (χ0v) is 18.4. The van der Waals surface area contributed by atoms with Crippen LogP contribution in [-0.4, -0.2) is 38.6 Å². The maximum atomic E-state index is 12.4. The first-order chi connectivity index (χ1) is 16.1. The van der Waals surface area contributed by atoms with Crippen molar-refractivity contribution in [1.82, 2.24) is 25.5 Å². The Labute approximate surface area is 195 Å². The Balaban J connectivity index is 1.30. The highest BCUT2D eigenvalue weighted by Crippen LogP contribution is 2.20. The number of hydrogen-bond donors (Lipinski definition) is 2. The van der Waals surface area contributed by atoms with Crippen molar-refractivity contribution in [3.63, 3.8) is 0 Å². The minimum absolute atomic E-state index is 0.0201. The number of amides is 2. The van der Waals surface area contributed by atoms with Gasteiger partial charge in [-0.1, -0.05) is 54.1 Å². The quantitative estimate of drug-likeness (QED) is 0.418. The van der Waals surface area contributed by atoms with E-state index in [1.165, 1.54) is 4.80 Å². The van der Waals surface area contributed by atoms with Crippen LogP contribution in [0.15, 0.2) is 78.9 Å². The number of nitrogens with zero attached hydrogens (tertiary/aromatic N) is 4. The highest BCUT2D eigenvalue weighted by Gasteiger charge is 2.12. The molecule has 0 aliphatic heterocycles. The summed E-state index contributed by atoms with van der Waals surface area (Å²) in [4.78, 5) is 25.8. The Morgan fingerprint density at radius 2 is 1.64 bits per heavy atom. The molecule has 9 heteroatoms. The van der Waals surface area contributed by atoms with Gasteiger partial charge in [0.25, 0.3) is 5.91 Å². The second-order valence-corrected chi connectivity index (χ2v) is 7.65. The zero-order valence-electron chi connectivity index (χ0n) is 17.6. The molecule has 0 atom stereocenters. The Morgan fingerprint density at radius 3 is 2.39 bits per heavy atom. The van der Waals surface area contributed by atoms with Crippen LogP contribution in [0.25, 0.3) is 11.4 Å². The third-order valence-electron chi connectivity index (χ3n) is 4.84. The van der Waals surface area contributed by atoms with Crippen molar-refractivity contribution in [3.05, 3.63) is 95.0 Å². The smallest absolute Gasteiger partial charge is 0.257 e. The van der Waals surface area contributed by atoms with Crippen LogP contribution < -0.4 is 10.6 Å². The summed E-state index contributed by atoms with van der Waals surface area (Å²) in [6.45, 7) is 0.513. The minimum atomic E-state index is -0.296. The summed E-state index contributed by atoms with van der Waals surface area (Å²) in [5.41, 5.74) is 2.87. The lowest BCUT2D eigenvalue weighted by Gasteiger charge is -2.07. The van der Waals surface area contributed by atoms with Crippen molar-refractivity contribution in [3.8, 4) is 11.4 Å². The molecule has 0 saturated heterocycles. The summed E-state index contributed by atoms with van der Waals surface area (Å²) < 4.78 is 0. The molecule has 8 nitrogen and oxygen atoms in total. The van der Waals surface area contributed by atoms with Crippen molar-refractivity contribution < 1.29 is 9.59 Å². The highest BCUT2D eigenvalue weighted by atomic mass is 35.5. The van der Waals surface area contributed by atoms with E-state index in [0.29, 0.717) is 34.2 Å². The van der Waals surface area contributed by atoms with Crippen molar-refractivity contribution in [2.45, 2.75) is 13.0 Å². The van der Waals surface area contributed by atoms with Gasteiger partial charge in [-0.25, -0.2) is 0 Å². The second-order valence-electron chi connectivity index (χ2n) is 7.24. The monoisotopic (exact) mass is 460 g/mol. The van der Waals surface area contributed by atoms with Crippen molar-refractivity contribution in [2.24, 2.45) is 0 Å². The fourth-order valence-electron chi connectivity index (χ4n) is 3.15. The third kappa shape index (κ3) is 6.02. The van der Waals surface area contributed by atoms with Gasteiger partial charge in [0.05, 0.1) is 10.6 Å². The molecular weight excluding hydrogens is 440 g/mol. The molecule has 3 aromatic carbocycles. The van der Waals surface area contributed by atoms with Gasteiger partial charge in [0, 0.05) is 17.8 Å². The third-order valence-corrected chi connectivity index (χ3v) is 5.17. The summed E-state index contributed by atoms with van der Waals surface area (Å²) in [5, 5.41) is 18.3. The first-order valence-corrected chi connectivity index (χ1v) is 10.7. The van der Waals surface area contributed by atoms with E-state index in [2.05, 4.69) is 26.0 Å². The summed E-state index contributed by atoms with van der Waals surface area (Å²) in [5.74, 6) is -0.0979. The van der Waals surface area contributed by atoms with E-state index in [9.17, 15) is 9.59 Å². The number of anilines is 1. The topological polar surface area (TPSA) is 102 Å². The molecule has 33 heavy (non-hydrogen) atoms. The molecule has 0 aliphatic carbocycles. The number of rotatable bonds is 8. The predicted molar refractivity (Wildman–Crippen MR) is 126 cm³/mol.